The Morgan fingerprint density at radius 2 is 2.03 bits per heavy atom. The number of nitrogens with one attached hydrogen (secondary N) is 1. The summed E-state index contributed by atoms with van der Waals surface area (Å²) in [4.78, 5) is 2.75. The van der Waals surface area contributed by atoms with E-state index < -0.39 is 10.0 Å². The summed E-state index contributed by atoms with van der Waals surface area (Å²) >= 11 is 0. The largest absolute Gasteiger partial charge is 0.463 e. The maximum atomic E-state index is 12.6. The normalized spacial score (nSPS) is 26.2. The Kier molecular flexibility index (Phi) is 5.00. The second-order valence-corrected chi connectivity index (χ2v) is 10.0. The lowest BCUT2D eigenvalue weighted by Crippen LogP contribution is -2.56. The second kappa shape index (κ2) is 7.68. The maximum absolute atomic E-state index is 12.6. The molecule has 5 heterocycles. The molecule has 0 aliphatic carbocycles. The van der Waals surface area contributed by atoms with Crippen LogP contribution in [0.25, 0.3) is 11.5 Å². The van der Waals surface area contributed by atoms with Gasteiger partial charge in [-0.1, -0.05) is 18.2 Å². The quantitative estimate of drug-likeness (QED) is 0.656. The summed E-state index contributed by atoms with van der Waals surface area (Å²) < 4.78 is 35.4. The summed E-state index contributed by atoms with van der Waals surface area (Å²) in [7, 11) is -1.48. The first-order chi connectivity index (χ1) is 14.5. The topological polar surface area (TPSA) is 80.4 Å². The molecule has 6 rings (SSSR count). The van der Waals surface area contributed by atoms with Crippen molar-refractivity contribution in [1.29, 1.82) is 0 Å². The lowest BCUT2D eigenvalue weighted by atomic mass is 9.74. The molecule has 8 heteroatoms. The third-order valence-electron chi connectivity index (χ3n) is 6.51. The molecule has 4 unspecified atom stereocenters. The van der Waals surface area contributed by atoms with E-state index in [1.165, 1.54) is 5.69 Å². The number of sulfonamides is 1. The number of hydrogen-bond donors (Lipinski definition) is 1. The molecule has 0 radical (unpaired) electrons. The molecule has 2 bridgehead atoms. The molecule has 3 aliphatic rings. The standard InChI is InChI=1S/C22H26N4O3S/c1-25-21(13-20(24-25)22-8-5-11-29-22)19-15-26-10-9-16(19)12-17(26)14-23-30(27,28)18-6-3-2-4-7-18/h2-8,11,13,16-17,19,23H,9-10,12,14-15H2,1H3. The van der Waals surface area contributed by atoms with E-state index in [1.807, 2.05) is 29.9 Å². The predicted molar refractivity (Wildman–Crippen MR) is 113 cm³/mol. The zero-order valence-corrected chi connectivity index (χ0v) is 17.8. The zero-order chi connectivity index (χ0) is 20.7. The van der Waals surface area contributed by atoms with Crippen molar-refractivity contribution < 1.29 is 12.8 Å². The van der Waals surface area contributed by atoms with Crippen molar-refractivity contribution in [3.05, 3.63) is 60.5 Å². The van der Waals surface area contributed by atoms with Gasteiger partial charge in [0.05, 0.1) is 11.2 Å². The van der Waals surface area contributed by atoms with Crippen LogP contribution in [-0.2, 0) is 17.1 Å². The first-order valence-electron chi connectivity index (χ1n) is 10.4. The lowest BCUT2D eigenvalue weighted by Gasteiger charge is -2.49. The Morgan fingerprint density at radius 1 is 1.20 bits per heavy atom. The van der Waals surface area contributed by atoms with E-state index in [2.05, 4.69) is 20.8 Å². The Hall–Kier alpha value is -2.42. The van der Waals surface area contributed by atoms with Gasteiger partial charge in [0.2, 0.25) is 10.0 Å². The molecule has 3 fully saturated rings. The van der Waals surface area contributed by atoms with E-state index in [1.54, 1.807) is 30.5 Å². The van der Waals surface area contributed by atoms with Crippen LogP contribution in [-0.4, -0.2) is 48.8 Å². The van der Waals surface area contributed by atoms with Crippen molar-refractivity contribution >= 4 is 10.0 Å². The van der Waals surface area contributed by atoms with Crippen LogP contribution >= 0.6 is 0 Å². The van der Waals surface area contributed by atoms with Crippen molar-refractivity contribution in [1.82, 2.24) is 19.4 Å². The number of rotatable bonds is 6. The third-order valence-corrected chi connectivity index (χ3v) is 7.95. The number of furan rings is 1. The number of hydrogen-bond acceptors (Lipinski definition) is 5. The molecule has 2 aromatic heterocycles. The second-order valence-electron chi connectivity index (χ2n) is 8.26. The van der Waals surface area contributed by atoms with E-state index in [-0.39, 0.29) is 6.04 Å². The van der Waals surface area contributed by atoms with E-state index in [4.69, 9.17) is 4.42 Å². The number of aromatic nitrogens is 2. The highest BCUT2D eigenvalue weighted by molar-refractivity contribution is 7.89. The molecular formula is C22H26N4O3S. The van der Waals surface area contributed by atoms with Crippen LogP contribution < -0.4 is 4.72 Å². The fourth-order valence-corrected chi connectivity index (χ4v) is 6.04. The highest BCUT2D eigenvalue weighted by Gasteiger charge is 2.42. The molecular weight excluding hydrogens is 400 g/mol. The molecule has 3 aliphatic heterocycles. The highest BCUT2D eigenvalue weighted by atomic mass is 32.2. The fraction of sp³-hybridized carbons (Fsp3) is 0.409. The van der Waals surface area contributed by atoms with Gasteiger partial charge in [-0.25, -0.2) is 13.1 Å². The van der Waals surface area contributed by atoms with E-state index in [0.717, 1.165) is 37.4 Å². The number of fused-ring (bicyclic) bond motifs is 3. The molecule has 0 saturated carbocycles. The smallest absolute Gasteiger partial charge is 0.240 e. The number of nitrogens with zero attached hydrogens (tertiary/aromatic N) is 3. The van der Waals surface area contributed by atoms with Crippen molar-refractivity contribution in [3.8, 4) is 11.5 Å². The van der Waals surface area contributed by atoms with Gasteiger partial charge in [-0.15, -0.1) is 0 Å². The lowest BCUT2D eigenvalue weighted by molar-refractivity contribution is 0.0306. The SMILES string of the molecule is Cn1nc(-c2ccco2)cc1C1CN2CCC1CC2CNS(=O)(=O)c1ccccc1. The third kappa shape index (κ3) is 3.59. The van der Waals surface area contributed by atoms with E-state index >= 15 is 0 Å². The Bertz CT molecular complexity index is 1110. The average molecular weight is 427 g/mol. The summed E-state index contributed by atoms with van der Waals surface area (Å²) in [6, 6.07) is 14.7. The van der Waals surface area contributed by atoms with Gasteiger partial charge in [0.1, 0.15) is 5.69 Å². The highest BCUT2D eigenvalue weighted by Crippen LogP contribution is 2.42. The van der Waals surface area contributed by atoms with Crippen molar-refractivity contribution in [2.24, 2.45) is 13.0 Å². The monoisotopic (exact) mass is 426 g/mol. The molecule has 1 N–H and O–H groups in total. The Labute approximate surface area is 176 Å². The Balaban J connectivity index is 1.28. The van der Waals surface area contributed by atoms with Gasteiger partial charge in [0, 0.05) is 37.8 Å². The number of benzene rings is 1. The minimum atomic E-state index is -3.47. The first kappa shape index (κ1) is 19.5. The van der Waals surface area contributed by atoms with Crippen LogP contribution in [0.4, 0.5) is 0 Å². The number of piperidine rings is 3. The van der Waals surface area contributed by atoms with Gasteiger partial charge in [-0.3, -0.25) is 9.58 Å². The Morgan fingerprint density at radius 3 is 2.73 bits per heavy atom. The molecule has 0 amide bonds. The van der Waals surface area contributed by atoms with Crippen molar-refractivity contribution in [3.63, 3.8) is 0 Å². The van der Waals surface area contributed by atoms with E-state index in [9.17, 15) is 8.42 Å². The average Bonchev–Trinajstić information content (AvgIpc) is 3.43. The van der Waals surface area contributed by atoms with E-state index in [0.29, 0.717) is 23.3 Å². The van der Waals surface area contributed by atoms with Crippen LogP contribution in [0.2, 0.25) is 0 Å². The summed E-state index contributed by atoms with van der Waals surface area (Å²) in [6.45, 7) is 2.39. The molecule has 158 valence electrons. The van der Waals surface area contributed by atoms with Gasteiger partial charge in [0.25, 0.3) is 0 Å². The van der Waals surface area contributed by atoms with Gasteiger partial charge in [-0.2, -0.15) is 5.10 Å². The molecule has 3 aromatic rings. The summed E-state index contributed by atoms with van der Waals surface area (Å²) in [5.41, 5.74) is 2.08. The summed E-state index contributed by atoms with van der Waals surface area (Å²) in [5.74, 6) is 1.72. The molecule has 7 nitrogen and oxygen atoms in total. The fourth-order valence-electron chi connectivity index (χ4n) is 4.95. The molecule has 0 spiro atoms. The summed E-state index contributed by atoms with van der Waals surface area (Å²) in [5, 5.41) is 4.65. The first-order valence-corrected chi connectivity index (χ1v) is 11.9. The molecule has 3 saturated heterocycles. The number of aryl methyl sites for hydroxylation is 1. The van der Waals surface area contributed by atoms with Crippen molar-refractivity contribution in [2.45, 2.75) is 29.7 Å². The predicted octanol–water partition coefficient (Wildman–Crippen LogP) is 2.84. The minimum absolute atomic E-state index is 0.233. The van der Waals surface area contributed by atoms with Crippen LogP contribution in [0.5, 0.6) is 0 Å². The van der Waals surface area contributed by atoms with Crippen molar-refractivity contribution in [2.75, 3.05) is 19.6 Å². The van der Waals surface area contributed by atoms with Crippen LogP contribution in [0, 0.1) is 5.92 Å². The summed E-state index contributed by atoms with van der Waals surface area (Å²) in [6.07, 6.45) is 3.79. The molecule has 1 aromatic carbocycles. The van der Waals surface area contributed by atoms with Gasteiger partial charge >= 0.3 is 0 Å². The molecule has 30 heavy (non-hydrogen) atoms. The van der Waals surface area contributed by atoms with Gasteiger partial charge in [-0.05, 0) is 55.6 Å². The van der Waals surface area contributed by atoms with Gasteiger partial charge < -0.3 is 4.42 Å². The molecule has 4 atom stereocenters. The van der Waals surface area contributed by atoms with Crippen LogP contribution in [0.15, 0.2) is 64.1 Å². The van der Waals surface area contributed by atoms with Gasteiger partial charge in [0.15, 0.2) is 5.76 Å². The van der Waals surface area contributed by atoms with Crippen LogP contribution in [0.3, 0.4) is 0 Å². The minimum Gasteiger partial charge on any atom is -0.463 e. The van der Waals surface area contributed by atoms with Crippen LogP contribution in [0.1, 0.15) is 24.5 Å². The maximum Gasteiger partial charge on any atom is 0.240 e. The zero-order valence-electron chi connectivity index (χ0n) is 16.9.